The van der Waals surface area contributed by atoms with E-state index in [-0.39, 0.29) is 31.3 Å². The van der Waals surface area contributed by atoms with Gasteiger partial charge in [-0.25, -0.2) is 9.59 Å². The molecule has 3 rings (SSSR count). The lowest BCUT2D eigenvalue weighted by Gasteiger charge is -2.26. The number of amides is 2. The van der Waals surface area contributed by atoms with Crippen molar-refractivity contribution in [2.24, 2.45) is 5.92 Å². The second-order valence-electron chi connectivity index (χ2n) is 9.09. The van der Waals surface area contributed by atoms with Gasteiger partial charge in [0.2, 0.25) is 5.91 Å². The summed E-state index contributed by atoms with van der Waals surface area (Å²) in [6.45, 7) is 3.87. The number of phenolic OH excluding ortho intramolecular Hbond substituents is 1. The Morgan fingerprint density at radius 2 is 1.32 bits per heavy atom. The van der Waals surface area contributed by atoms with Crippen LogP contribution in [-0.2, 0) is 38.7 Å². The predicted octanol–water partition coefficient (Wildman–Crippen LogP) is 4.50. The number of nitrogens with one attached hydrogen (secondary N) is 2. The van der Waals surface area contributed by atoms with Crippen molar-refractivity contribution in [3.63, 3.8) is 0 Å². The highest BCUT2D eigenvalue weighted by atomic mass is 16.5. The maximum Gasteiger partial charge on any atom is 0.408 e. The lowest BCUT2D eigenvalue weighted by molar-refractivity contribution is -0.149. The van der Waals surface area contributed by atoms with Crippen molar-refractivity contribution < 1.29 is 29.0 Å². The van der Waals surface area contributed by atoms with Gasteiger partial charge in [-0.1, -0.05) is 93.1 Å². The van der Waals surface area contributed by atoms with Gasteiger partial charge in [0.25, 0.3) is 0 Å². The first kappa shape index (κ1) is 28.2. The van der Waals surface area contributed by atoms with Crippen LogP contribution < -0.4 is 10.6 Å². The van der Waals surface area contributed by atoms with Crippen molar-refractivity contribution in [3.05, 3.63) is 102 Å². The van der Waals surface area contributed by atoms with Crippen LogP contribution in [0.4, 0.5) is 4.79 Å². The average molecular weight is 519 g/mol. The average Bonchev–Trinajstić information content (AvgIpc) is 2.95. The van der Waals surface area contributed by atoms with E-state index in [1.165, 1.54) is 12.1 Å². The summed E-state index contributed by atoms with van der Waals surface area (Å²) in [5.41, 5.74) is 2.36. The van der Waals surface area contributed by atoms with Crippen LogP contribution in [0.2, 0.25) is 0 Å². The van der Waals surface area contributed by atoms with Crippen molar-refractivity contribution in [1.82, 2.24) is 10.6 Å². The Morgan fingerprint density at radius 3 is 1.87 bits per heavy atom. The number of aromatic hydroxyl groups is 1. The summed E-state index contributed by atoms with van der Waals surface area (Å²) in [5, 5.41) is 15.0. The molecule has 0 spiro atoms. The van der Waals surface area contributed by atoms with Gasteiger partial charge in [0, 0.05) is 6.42 Å². The zero-order valence-corrected chi connectivity index (χ0v) is 21.6. The molecule has 0 fully saturated rings. The van der Waals surface area contributed by atoms with E-state index in [0.717, 1.165) is 16.7 Å². The summed E-state index contributed by atoms with van der Waals surface area (Å²) >= 11 is 0. The molecule has 2 amide bonds. The maximum absolute atomic E-state index is 13.4. The van der Waals surface area contributed by atoms with Crippen LogP contribution in [-0.4, -0.2) is 35.2 Å². The van der Waals surface area contributed by atoms with E-state index < -0.39 is 30.1 Å². The second-order valence-corrected chi connectivity index (χ2v) is 9.09. The van der Waals surface area contributed by atoms with Crippen molar-refractivity contribution in [2.45, 2.75) is 52.0 Å². The molecular weight excluding hydrogens is 484 g/mol. The molecule has 0 saturated carbocycles. The lowest BCUT2D eigenvalue weighted by atomic mass is 9.97. The summed E-state index contributed by atoms with van der Waals surface area (Å²) < 4.78 is 10.8. The molecule has 3 aromatic rings. The number of hydrogen-bond donors (Lipinski definition) is 3. The minimum absolute atomic E-state index is 0.0560. The standard InChI is InChI=1S/C30H34N2O6/c1-3-21(2)27(32-30(36)38-20-24-12-8-5-9-13-24)28(34)31-26(18-22-14-16-25(33)17-15-22)29(35)37-19-23-10-6-4-7-11-23/h4-17,21,26-27,33H,3,18-20H2,1-2H3,(H,31,34)(H,32,36). The summed E-state index contributed by atoms with van der Waals surface area (Å²) in [6.07, 6.45) is 0.0275. The third-order valence-corrected chi connectivity index (χ3v) is 6.18. The maximum atomic E-state index is 13.4. The lowest BCUT2D eigenvalue weighted by Crippen LogP contribution is -2.54. The summed E-state index contributed by atoms with van der Waals surface area (Å²) in [6, 6.07) is 22.9. The molecule has 3 N–H and O–H groups in total. The third-order valence-electron chi connectivity index (χ3n) is 6.18. The van der Waals surface area contributed by atoms with Gasteiger partial charge in [-0.3, -0.25) is 4.79 Å². The zero-order chi connectivity index (χ0) is 27.3. The molecule has 0 saturated heterocycles. The van der Waals surface area contributed by atoms with E-state index in [1.807, 2.05) is 74.5 Å². The number of carbonyl (C=O) groups excluding carboxylic acids is 3. The highest BCUT2D eigenvalue weighted by molar-refractivity contribution is 5.90. The molecule has 0 heterocycles. The Labute approximate surface area is 223 Å². The van der Waals surface area contributed by atoms with Gasteiger partial charge < -0.3 is 25.2 Å². The fraction of sp³-hybridized carbons (Fsp3) is 0.300. The number of hydrogen-bond acceptors (Lipinski definition) is 6. The van der Waals surface area contributed by atoms with E-state index in [1.54, 1.807) is 12.1 Å². The van der Waals surface area contributed by atoms with Gasteiger partial charge in [0.05, 0.1) is 0 Å². The van der Waals surface area contributed by atoms with Crippen molar-refractivity contribution >= 4 is 18.0 Å². The number of ether oxygens (including phenoxy) is 2. The topological polar surface area (TPSA) is 114 Å². The Morgan fingerprint density at radius 1 is 0.763 bits per heavy atom. The monoisotopic (exact) mass is 518 g/mol. The Bertz CT molecular complexity index is 1170. The number of phenols is 1. The van der Waals surface area contributed by atoms with Gasteiger partial charge in [-0.05, 0) is 34.7 Å². The van der Waals surface area contributed by atoms with E-state index >= 15 is 0 Å². The fourth-order valence-electron chi connectivity index (χ4n) is 3.75. The fourth-order valence-corrected chi connectivity index (χ4v) is 3.75. The van der Waals surface area contributed by atoms with Crippen molar-refractivity contribution in [2.75, 3.05) is 0 Å². The number of benzene rings is 3. The second kappa shape index (κ2) is 14.4. The van der Waals surface area contributed by atoms with Crippen LogP contribution in [0.5, 0.6) is 5.75 Å². The van der Waals surface area contributed by atoms with Crippen LogP contribution in [0.3, 0.4) is 0 Å². The molecule has 0 aliphatic heterocycles. The summed E-state index contributed by atoms with van der Waals surface area (Å²) in [4.78, 5) is 39.0. The van der Waals surface area contributed by atoms with Gasteiger partial charge in [0.1, 0.15) is 31.0 Å². The third kappa shape index (κ3) is 8.96. The van der Waals surface area contributed by atoms with E-state index in [2.05, 4.69) is 10.6 Å². The molecule has 8 nitrogen and oxygen atoms in total. The Balaban J connectivity index is 1.69. The van der Waals surface area contributed by atoms with E-state index in [9.17, 15) is 19.5 Å². The number of rotatable bonds is 12. The Hall–Kier alpha value is -4.33. The predicted molar refractivity (Wildman–Crippen MR) is 143 cm³/mol. The van der Waals surface area contributed by atoms with Crippen LogP contribution in [0.25, 0.3) is 0 Å². The quantitative estimate of drug-likeness (QED) is 0.304. The minimum atomic E-state index is -1.01. The molecule has 0 aliphatic carbocycles. The van der Waals surface area contributed by atoms with Crippen LogP contribution >= 0.6 is 0 Å². The van der Waals surface area contributed by atoms with Gasteiger partial charge in [-0.15, -0.1) is 0 Å². The molecular formula is C30H34N2O6. The van der Waals surface area contributed by atoms with Gasteiger partial charge >= 0.3 is 12.1 Å². The molecule has 200 valence electrons. The smallest absolute Gasteiger partial charge is 0.408 e. The van der Waals surface area contributed by atoms with Crippen molar-refractivity contribution in [3.8, 4) is 5.75 Å². The zero-order valence-electron chi connectivity index (χ0n) is 21.6. The largest absolute Gasteiger partial charge is 0.508 e. The first-order valence-corrected chi connectivity index (χ1v) is 12.6. The SMILES string of the molecule is CCC(C)C(NC(=O)OCc1ccccc1)C(=O)NC(Cc1ccc(O)cc1)C(=O)OCc1ccccc1. The van der Waals surface area contributed by atoms with E-state index in [0.29, 0.717) is 6.42 Å². The minimum Gasteiger partial charge on any atom is -0.508 e. The Kier molecular flexibility index (Phi) is 10.7. The molecule has 3 atom stereocenters. The highest BCUT2D eigenvalue weighted by Crippen LogP contribution is 2.14. The molecule has 0 aliphatic rings. The molecule has 0 bridgehead atoms. The van der Waals surface area contributed by atoms with Gasteiger partial charge in [-0.2, -0.15) is 0 Å². The molecule has 0 aromatic heterocycles. The molecule has 38 heavy (non-hydrogen) atoms. The molecule has 3 unspecified atom stereocenters. The number of esters is 1. The summed E-state index contributed by atoms with van der Waals surface area (Å²) in [7, 11) is 0. The molecule has 3 aromatic carbocycles. The highest BCUT2D eigenvalue weighted by Gasteiger charge is 2.31. The van der Waals surface area contributed by atoms with Crippen LogP contribution in [0, 0.1) is 5.92 Å². The molecule has 8 heteroatoms. The van der Waals surface area contributed by atoms with E-state index in [4.69, 9.17) is 9.47 Å². The normalized spacial score (nSPS) is 13.0. The van der Waals surface area contributed by atoms with Gasteiger partial charge in [0.15, 0.2) is 0 Å². The number of carbonyl (C=O) groups is 3. The first-order valence-electron chi connectivity index (χ1n) is 12.6. The summed E-state index contributed by atoms with van der Waals surface area (Å²) in [5.74, 6) is -1.26. The van der Waals surface area contributed by atoms with Crippen molar-refractivity contribution in [1.29, 1.82) is 0 Å². The van der Waals surface area contributed by atoms with Crippen LogP contribution in [0.1, 0.15) is 37.0 Å². The number of alkyl carbamates (subject to hydrolysis) is 1. The first-order chi connectivity index (χ1) is 18.4. The molecule has 0 radical (unpaired) electrons. The van der Waals surface area contributed by atoms with Crippen LogP contribution in [0.15, 0.2) is 84.9 Å².